The number of ether oxygens (including phenoxy) is 1. The summed E-state index contributed by atoms with van der Waals surface area (Å²) in [4.78, 5) is 22.9. The van der Waals surface area contributed by atoms with Crippen LogP contribution in [0.15, 0.2) is 39.7 Å². The van der Waals surface area contributed by atoms with E-state index in [1.807, 2.05) is 0 Å². The van der Waals surface area contributed by atoms with Gasteiger partial charge in [0.05, 0.1) is 12.8 Å². The molecular weight excluding hydrogens is 319 g/mol. The Bertz CT molecular complexity index is 700. The lowest BCUT2D eigenvalue weighted by Crippen LogP contribution is -2.21. The lowest BCUT2D eigenvalue weighted by Gasteiger charge is -2.08. The molecule has 1 heterocycles. The molecule has 0 aliphatic carbocycles. The van der Waals surface area contributed by atoms with Crippen LogP contribution < -0.4 is 5.43 Å². The van der Waals surface area contributed by atoms with Gasteiger partial charge in [0.2, 0.25) is 11.1 Å². The minimum absolute atomic E-state index is 0.332. The minimum Gasteiger partial charge on any atom is -0.464 e. The average molecular weight is 327 g/mol. The van der Waals surface area contributed by atoms with E-state index in [0.29, 0.717) is 10.2 Å². The van der Waals surface area contributed by atoms with Crippen molar-refractivity contribution in [3.63, 3.8) is 0 Å². The fourth-order valence-electron chi connectivity index (χ4n) is 1.45. The van der Waals surface area contributed by atoms with Crippen molar-refractivity contribution < 1.29 is 13.9 Å². The Morgan fingerprint density at radius 1 is 1.42 bits per heavy atom. The molecule has 0 aliphatic rings. The lowest BCUT2D eigenvalue weighted by molar-refractivity contribution is 0.0590. The maximum atomic E-state index is 13.0. The first-order chi connectivity index (χ1) is 9.02. The summed E-state index contributed by atoms with van der Waals surface area (Å²) in [6.45, 7) is 0. The molecule has 98 valence electrons. The Morgan fingerprint density at radius 3 is 2.79 bits per heavy atom. The fraction of sp³-hybridized carbons (Fsp3) is 0.0833. The van der Waals surface area contributed by atoms with Crippen LogP contribution in [0.3, 0.4) is 0 Å². The summed E-state index contributed by atoms with van der Waals surface area (Å²) in [5.74, 6) is -1.23. The highest BCUT2D eigenvalue weighted by Gasteiger charge is 2.14. The molecule has 0 amide bonds. The van der Waals surface area contributed by atoms with Crippen LogP contribution in [0.1, 0.15) is 10.5 Å². The Hall–Kier alpha value is -2.02. The third-order valence-corrected chi connectivity index (χ3v) is 2.98. The van der Waals surface area contributed by atoms with Crippen molar-refractivity contribution in [2.45, 2.75) is 0 Å². The zero-order chi connectivity index (χ0) is 14.0. The molecule has 0 atom stereocenters. The number of methoxy groups -OCH3 is 1. The number of nitrogens with zero attached hydrogens (tertiary/aromatic N) is 2. The highest BCUT2D eigenvalue weighted by molar-refractivity contribution is 9.10. The van der Waals surface area contributed by atoms with Crippen LogP contribution in [0.5, 0.6) is 0 Å². The van der Waals surface area contributed by atoms with Crippen LogP contribution in [0.25, 0.3) is 5.69 Å². The van der Waals surface area contributed by atoms with Gasteiger partial charge in [0.15, 0.2) is 0 Å². The number of carbonyl (C=O) groups is 1. The van der Waals surface area contributed by atoms with Crippen molar-refractivity contribution in [3.8, 4) is 5.69 Å². The first-order valence-corrected chi connectivity index (χ1v) is 5.96. The SMILES string of the molecule is COC(=O)c1nn(-c2ccc(F)cc2Br)ccc1=O. The summed E-state index contributed by atoms with van der Waals surface area (Å²) in [5.41, 5.74) is -0.380. The van der Waals surface area contributed by atoms with E-state index in [-0.39, 0.29) is 5.69 Å². The minimum atomic E-state index is -0.822. The molecule has 0 N–H and O–H groups in total. The molecule has 0 aliphatic heterocycles. The Balaban J connectivity index is 2.57. The van der Waals surface area contributed by atoms with E-state index in [1.54, 1.807) is 0 Å². The van der Waals surface area contributed by atoms with Crippen LogP contribution in [0, 0.1) is 5.82 Å². The van der Waals surface area contributed by atoms with Crippen molar-refractivity contribution >= 4 is 21.9 Å². The number of carbonyl (C=O) groups excluding carboxylic acids is 1. The first kappa shape index (κ1) is 13.4. The molecule has 2 rings (SSSR count). The van der Waals surface area contributed by atoms with Crippen molar-refractivity contribution in [1.82, 2.24) is 9.78 Å². The van der Waals surface area contributed by atoms with Gasteiger partial charge in [-0.05, 0) is 34.1 Å². The summed E-state index contributed by atoms with van der Waals surface area (Å²) < 4.78 is 19.2. The molecule has 1 aromatic heterocycles. The predicted molar refractivity (Wildman–Crippen MR) is 68.8 cm³/mol. The van der Waals surface area contributed by atoms with Gasteiger partial charge in [-0.2, -0.15) is 5.10 Å². The molecular formula is C12H8BrFN2O3. The van der Waals surface area contributed by atoms with E-state index in [0.717, 1.165) is 7.11 Å². The number of hydrogen-bond acceptors (Lipinski definition) is 4. The summed E-state index contributed by atoms with van der Waals surface area (Å²) in [5, 5.41) is 3.88. The van der Waals surface area contributed by atoms with Gasteiger partial charge >= 0.3 is 5.97 Å². The van der Waals surface area contributed by atoms with Gasteiger partial charge in [0.25, 0.3) is 0 Å². The summed E-state index contributed by atoms with van der Waals surface area (Å²) in [7, 11) is 1.16. The number of rotatable bonds is 2. The Kier molecular flexibility index (Phi) is 3.75. The second-order valence-electron chi connectivity index (χ2n) is 3.56. The lowest BCUT2D eigenvalue weighted by atomic mass is 10.3. The summed E-state index contributed by atoms with van der Waals surface area (Å²) in [6, 6.07) is 5.16. The largest absolute Gasteiger partial charge is 0.464 e. The van der Waals surface area contributed by atoms with Crippen LogP contribution in [0.2, 0.25) is 0 Å². The van der Waals surface area contributed by atoms with E-state index in [9.17, 15) is 14.0 Å². The van der Waals surface area contributed by atoms with E-state index in [1.165, 1.54) is 35.1 Å². The molecule has 0 radical (unpaired) electrons. The zero-order valence-electron chi connectivity index (χ0n) is 9.76. The van der Waals surface area contributed by atoms with Gasteiger partial charge < -0.3 is 4.74 Å². The van der Waals surface area contributed by atoms with E-state index in [2.05, 4.69) is 25.8 Å². The second-order valence-corrected chi connectivity index (χ2v) is 4.41. The first-order valence-electron chi connectivity index (χ1n) is 5.16. The van der Waals surface area contributed by atoms with Gasteiger partial charge in [0, 0.05) is 16.7 Å². The quantitative estimate of drug-likeness (QED) is 0.791. The van der Waals surface area contributed by atoms with Crippen molar-refractivity contribution in [1.29, 1.82) is 0 Å². The number of aromatic nitrogens is 2. The van der Waals surface area contributed by atoms with E-state index < -0.39 is 17.2 Å². The number of benzene rings is 1. The molecule has 19 heavy (non-hydrogen) atoms. The van der Waals surface area contributed by atoms with Crippen LogP contribution in [-0.4, -0.2) is 22.9 Å². The molecule has 0 bridgehead atoms. The second kappa shape index (κ2) is 5.31. The normalized spacial score (nSPS) is 10.3. The molecule has 7 heteroatoms. The Labute approximate surface area is 115 Å². The third-order valence-electron chi connectivity index (χ3n) is 2.34. The Morgan fingerprint density at radius 2 is 2.16 bits per heavy atom. The van der Waals surface area contributed by atoms with Crippen LogP contribution in [-0.2, 0) is 4.74 Å². The topological polar surface area (TPSA) is 61.2 Å². The van der Waals surface area contributed by atoms with Gasteiger partial charge in [-0.1, -0.05) is 0 Å². The summed E-state index contributed by atoms with van der Waals surface area (Å²) >= 11 is 3.19. The van der Waals surface area contributed by atoms with Gasteiger partial charge in [-0.3, -0.25) is 4.79 Å². The van der Waals surface area contributed by atoms with E-state index in [4.69, 9.17) is 0 Å². The smallest absolute Gasteiger partial charge is 0.362 e. The molecule has 2 aromatic rings. The molecule has 0 spiro atoms. The predicted octanol–water partition coefficient (Wildman–Crippen LogP) is 1.92. The summed E-state index contributed by atoms with van der Waals surface area (Å²) in [6.07, 6.45) is 1.38. The van der Waals surface area contributed by atoms with Gasteiger partial charge in [0.1, 0.15) is 5.82 Å². The zero-order valence-corrected chi connectivity index (χ0v) is 11.3. The highest BCUT2D eigenvalue weighted by Crippen LogP contribution is 2.20. The van der Waals surface area contributed by atoms with Crippen LogP contribution in [0.4, 0.5) is 4.39 Å². The van der Waals surface area contributed by atoms with Gasteiger partial charge in [-0.25, -0.2) is 13.9 Å². The number of hydrogen-bond donors (Lipinski definition) is 0. The average Bonchev–Trinajstić information content (AvgIpc) is 2.39. The maximum absolute atomic E-state index is 13.0. The molecule has 5 nitrogen and oxygen atoms in total. The number of halogens is 2. The molecule has 0 fully saturated rings. The third kappa shape index (κ3) is 2.70. The van der Waals surface area contributed by atoms with E-state index >= 15 is 0 Å². The van der Waals surface area contributed by atoms with Crippen LogP contribution >= 0.6 is 15.9 Å². The van der Waals surface area contributed by atoms with Crippen molar-refractivity contribution in [3.05, 3.63) is 56.7 Å². The van der Waals surface area contributed by atoms with Gasteiger partial charge in [-0.15, -0.1) is 0 Å². The molecule has 0 saturated heterocycles. The highest BCUT2D eigenvalue weighted by atomic mass is 79.9. The fourth-order valence-corrected chi connectivity index (χ4v) is 1.98. The monoisotopic (exact) mass is 326 g/mol. The molecule has 1 aromatic carbocycles. The van der Waals surface area contributed by atoms with Crippen molar-refractivity contribution in [2.24, 2.45) is 0 Å². The standard InChI is InChI=1S/C12H8BrFN2O3/c1-19-12(18)11-10(17)4-5-16(15-11)9-3-2-7(14)6-8(9)13/h2-6H,1H3. The maximum Gasteiger partial charge on any atom is 0.362 e. The number of esters is 1. The molecule has 0 unspecified atom stereocenters. The van der Waals surface area contributed by atoms with Crippen molar-refractivity contribution in [2.75, 3.05) is 7.11 Å². The molecule has 0 saturated carbocycles.